The normalized spacial score (nSPS) is 17.5. The number of carbonyl (C=O) groups excluding carboxylic acids is 1. The van der Waals surface area contributed by atoms with E-state index in [-0.39, 0.29) is 12.4 Å². The molecule has 0 fully saturated rings. The fraction of sp³-hybridized carbons (Fsp3) is 0.444. The Hall–Kier alpha value is -1.99. The molecule has 136 valence electrons. The van der Waals surface area contributed by atoms with Crippen LogP contribution in [0.15, 0.2) is 35.5 Å². The van der Waals surface area contributed by atoms with Crippen molar-refractivity contribution in [3.63, 3.8) is 0 Å². The number of carbonyl (C=O) groups is 1. The number of hydrogen-bond acceptors (Lipinski definition) is 4. The van der Waals surface area contributed by atoms with Crippen molar-refractivity contribution in [2.24, 2.45) is 0 Å². The molecule has 0 saturated heterocycles. The quantitative estimate of drug-likeness (QED) is 0.455. The summed E-state index contributed by atoms with van der Waals surface area (Å²) in [4.78, 5) is 14.5. The van der Waals surface area contributed by atoms with Gasteiger partial charge in [0.2, 0.25) is 0 Å². The van der Waals surface area contributed by atoms with Crippen LogP contribution in [0.25, 0.3) is 0 Å². The molecule has 5 nitrogen and oxygen atoms in total. The van der Waals surface area contributed by atoms with Crippen molar-refractivity contribution < 1.29 is 18.7 Å². The van der Waals surface area contributed by atoms with E-state index < -0.39 is 12.0 Å². The van der Waals surface area contributed by atoms with Crippen molar-refractivity contribution in [2.45, 2.75) is 26.3 Å². The Balaban J connectivity index is 2.41. The number of benzene rings is 1. The van der Waals surface area contributed by atoms with Crippen LogP contribution in [0, 0.1) is 5.82 Å². The summed E-state index contributed by atoms with van der Waals surface area (Å²) in [6, 6.07) is 5.57. The number of halogens is 1. The number of allylic oxidation sites excluding steroid dienone is 1. The van der Waals surface area contributed by atoms with E-state index in [1.54, 1.807) is 12.1 Å². The Morgan fingerprint density at radius 1 is 1.40 bits per heavy atom. The Labute approximate surface area is 152 Å². The Bertz CT molecular complexity index is 678. The third-order valence-corrected chi connectivity index (χ3v) is 4.30. The second-order valence-corrected chi connectivity index (χ2v) is 6.10. The van der Waals surface area contributed by atoms with Gasteiger partial charge in [-0.2, -0.15) is 0 Å². The van der Waals surface area contributed by atoms with Gasteiger partial charge in [-0.05, 0) is 43.3 Å². The molecule has 1 heterocycles. The lowest BCUT2D eigenvalue weighted by Gasteiger charge is -2.37. The zero-order chi connectivity index (χ0) is 18.4. The zero-order valence-corrected chi connectivity index (χ0v) is 15.5. The third-order valence-electron chi connectivity index (χ3n) is 3.97. The van der Waals surface area contributed by atoms with Gasteiger partial charge in [0.15, 0.2) is 5.11 Å². The van der Waals surface area contributed by atoms with Gasteiger partial charge in [-0.3, -0.25) is 0 Å². The lowest BCUT2D eigenvalue weighted by atomic mass is 9.95. The Morgan fingerprint density at radius 3 is 2.80 bits per heavy atom. The van der Waals surface area contributed by atoms with Crippen molar-refractivity contribution in [2.75, 3.05) is 26.9 Å². The maximum absolute atomic E-state index is 13.7. The molecule has 0 bridgehead atoms. The van der Waals surface area contributed by atoms with Gasteiger partial charge >= 0.3 is 5.97 Å². The minimum Gasteiger partial charge on any atom is -0.460 e. The summed E-state index contributed by atoms with van der Waals surface area (Å²) >= 11 is 5.44. The fourth-order valence-electron chi connectivity index (χ4n) is 2.77. The highest BCUT2D eigenvalue weighted by Crippen LogP contribution is 2.31. The van der Waals surface area contributed by atoms with Crippen LogP contribution in [-0.4, -0.2) is 42.8 Å². The minimum atomic E-state index is -0.550. The van der Waals surface area contributed by atoms with E-state index in [4.69, 9.17) is 21.7 Å². The second kappa shape index (κ2) is 8.92. The second-order valence-electron chi connectivity index (χ2n) is 5.72. The first-order valence-electron chi connectivity index (χ1n) is 8.19. The van der Waals surface area contributed by atoms with Crippen LogP contribution >= 0.6 is 12.2 Å². The third kappa shape index (κ3) is 4.55. The highest BCUT2D eigenvalue weighted by atomic mass is 32.1. The number of methoxy groups -OCH3 is 1. The molecule has 1 atom stereocenters. The number of nitrogens with zero attached hydrogens (tertiary/aromatic N) is 1. The molecule has 1 aromatic carbocycles. The summed E-state index contributed by atoms with van der Waals surface area (Å²) in [6.07, 6.45) is 0.871. The Morgan fingerprint density at radius 2 is 2.16 bits per heavy atom. The molecule has 1 aromatic rings. The molecule has 0 spiro atoms. The summed E-state index contributed by atoms with van der Waals surface area (Å²) in [5.74, 6) is -0.828. The molecular formula is C18H23FN2O3S. The van der Waals surface area contributed by atoms with Crippen molar-refractivity contribution in [1.29, 1.82) is 0 Å². The van der Waals surface area contributed by atoms with E-state index in [1.165, 1.54) is 19.2 Å². The molecule has 0 radical (unpaired) electrons. The summed E-state index contributed by atoms with van der Waals surface area (Å²) in [5, 5.41) is 3.66. The van der Waals surface area contributed by atoms with E-state index in [9.17, 15) is 9.18 Å². The van der Waals surface area contributed by atoms with E-state index in [2.05, 4.69) is 5.32 Å². The maximum Gasteiger partial charge on any atom is 0.338 e. The molecule has 1 aliphatic rings. The van der Waals surface area contributed by atoms with Crippen molar-refractivity contribution in [3.8, 4) is 0 Å². The Kier molecular flexibility index (Phi) is 6.90. The van der Waals surface area contributed by atoms with E-state index in [0.29, 0.717) is 29.4 Å². The average Bonchev–Trinajstić information content (AvgIpc) is 2.58. The van der Waals surface area contributed by atoms with Gasteiger partial charge in [-0.15, -0.1) is 0 Å². The first kappa shape index (κ1) is 19.3. The van der Waals surface area contributed by atoms with Crippen molar-refractivity contribution in [1.82, 2.24) is 10.2 Å². The molecule has 0 amide bonds. The van der Waals surface area contributed by atoms with E-state index >= 15 is 0 Å². The van der Waals surface area contributed by atoms with E-state index in [1.807, 2.05) is 18.7 Å². The smallest absolute Gasteiger partial charge is 0.338 e. The number of rotatable bonds is 7. The van der Waals surface area contributed by atoms with Crippen LogP contribution in [0.5, 0.6) is 0 Å². The molecule has 25 heavy (non-hydrogen) atoms. The van der Waals surface area contributed by atoms with Gasteiger partial charge in [-0.1, -0.05) is 19.1 Å². The standard InChI is InChI=1S/C18H23FN2O3S/c1-4-8-21-12(2)15(17(22)24-10-9-23-3)16(20-18(21)25)13-6-5-7-14(19)11-13/h5-7,11,16H,4,8-10H2,1-3H3,(H,20,25)/t16-/m0/s1. The van der Waals surface area contributed by atoms with Crippen LogP contribution in [0.1, 0.15) is 31.9 Å². The largest absolute Gasteiger partial charge is 0.460 e. The lowest BCUT2D eigenvalue weighted by molar-refractivity contribution is -0.140. The number of hydrogen-bond donors (Lipinski definition) is 1. The lowest BCUT2D eigenvalue weighted by Crippen LogP contribution is -2.48. The molecule has 0 aromatic heterocycles. The number of nitrogens with one attached hydrogen (secondary N) is 1. The summed E-state index contributed by atoms with van der Waals surface area (Å²) in [6.45, 7) is 5.02. The van der Waals surface area contributed by atoms with Gasteiger partial charge < -0.3 is 19.7 Å². The highest BCUT2D eigenvalue weighted by Gasteiger charge is 2.34. The summed E-state index contributed by atoms with van der Waals surface area (Å²) in [5.41, 5.74) is 1.78. The molecule has 0 saturated carbocycles. The highest BCUT2D eigenvalue weighted by molar-refractivity contribution is 7.80. The minimum absolute atomic E-state index is 0.153. The maximum atomic E-state index is 13.7. The van der Waals surface area contributed by atoms with Crippen molar-refractivity contribution in [3.05, 3.63) is 46.9 Å². The SMILES string of the molecule is CCCN1C(=S)N[C@@H](c2cccc(F)c2)C(C(=O)OCCOC)=C1C. The molecule has 0 aliphatic carbocycles. The molecule has 2 rings (SSSR count). The van der Waals surface area contributed by atoms with Crippen LogP contribution < -0.4 is 5.32 Å². The molecule has 7 heteroatoms. The monoisotopic (exact) mass is 366 g/mol. The van der Waals surface area contributed by atoms with Crippen LogP contribution in [0.3, 0.4) is 0 Å². The van der Waals surface area contributed by atoms with Crippen molar-refractivity contribution >= 4 is 23.3 Å². The molecular weight excluding hydrogens is 343 g/mol. The predicted octanol–water partition coefficient (Wildman–Crippen LogP) is 2.93. The summed E-state index contributed by atoms with van der Waals surface area (Å²) < 4.78 is 23.9. The van der Waals surface area contributed by atoms with E-state index in [0.717, 1.165) is 12.1 Å². The van der Waals surface area contributed by atoms with Crippen LogP contribution in [0.2, 0.25) is 0 Å². The molecule has 0 unspecified atom stereocenters. The zero-order valence-electron chi connectivity index (χ0n) is 14.7. The fourth-order valence-corrected chi connectivity index (χ4v) is 3.12. The average molecular weight is 366 g/mol. The summed E-state index contributed by atoms with van der Waals surface area (Å²) in [7, 11) is 1.54. The number of thiocarbonyl (C=S) groups is 1. The van der Waals surface area contributed by atoms with Crippen LogP contribution in [-0.2, 0) is 14.3 Å². The molecule has 1 N–H and O–H groups in total. The first-order valence-corrected chi connectivity index (χ1v) is 8.60. The number of esters is 1. The topological polar surface area (TPSA) is 50.8 Å². The van der Waals surface area contributed by atoms with Gasteiger partial charge in [0.05, 0.1) is 18.2 Å². The predicted molar refractivity (Wildman–Crippen MR) is 97.4 cm³/mol. The van der Waals surface area contributed by atoms with Gasteiger partial charge in [0, 0.05) is 19.4 Å². The van der Waals surface area contributed by atoms with Gasteiger partial charge in [-0.25, -0.2) is 9.18 Å². The first-order chi connectivity index (χ1) is 12.0. The van der Waals surface area contributed by atoms with Gasteiger partial charge in [0.25, 0.3) is 0 Å². The van der Waals surface area contributed by atoms with Crippen LogP contribution in [0.4, 0.5) is 4.39 Å². The molecule has 1 aliphatic heterocycles. The van der Waals surface area contributed by atoms with Gasteiger partial charge in [0.1, 0.15) is 12.4 Å². The number of ether oxygens (including phenoxy) is 2.